The van der Waals surface area contributed by atoms with Crippen LogP contribution in [-0.4, -0.2) is 32.8 Å². The predicted octanol–water partition coefficient (Wildman–Crippen LogP) is 1.62. The van der Waals surface area contributed by atoms with E-state index in [4.69, 9.17) is 9.47 Å². The highest BCUT2D eigenvalue weighted by Gasteiger charge is 2.38. The summed E-state index contributed by atoms with van der Waals surface area (Å²) in [5, 5.41) is 3.61. The number of morpholine rings is 1. The first kappa shape index (κ1) is 12.6. The van der Waals surface area contributed by atoms with E-state index >= 15 is 0 Å². The lowest BCUT2D eigenvalue weighted by atomic mass is 9.76. The molecule has 102 valence electrons. The summed E-state index contributed by atoms with van der Waals surface area (Å²) in [5.74, 6) is -0.268. The molecule has 2 aliphatic rings. The monoisotopic (exact) mass is 261 g/mol. The molecule has 0 bridgehead atoms. The molecule has 0 radical (unpaired) electrons. The number of rotatable bonds is 1. The Labute approximate surface area is 113 Å². The first-order valence-electron chi connectivity index (χ1n) is 6.80. The van der Waals surface area contributed by atoms with E-state index in [1.807, 2.05) is 12.1 Å². The van der Waals surface area contributed by atoms with Crippen LogP contribution < -0.4 is 5.32 Å². The van der Waals surface area contributed by atoms with Crippen LogP contribution in [-0.2, 0) is 21.4 Å². The maximum absolute atomic E-state index is 11.6. The second kappa shape index (κ2) is 4.94. The first-order valence-corrected chi connectivity index (χ1v) is 6.80. The number of fused-ring (bicyclic) bond motifs is 2. The van der Waals surface area contributed by atoms with E-state index in [2.05, 4.69) is 11.4 Å². The number of carbonyl (C=O) groups excluding carboxylic acids is 1. The maximum atomic E-state index is 11.6. The number of carbonyl (C=O) groups is 1. The topological polar surface area (TPSA) is 47.6 Å². The van der Waals surface area contributed by atoms with Crippen molar-refractivity contribution in [1.29, 1.82) is 0 Å². The van der Waals surface area contributed by atoms with Gasteiger partial charge in [-0.25, -0.2) is 4.79 Å². The van der Waals surface area contributed by atoms with Gasteiger partial charge in [-0.1, -0.05) is 6.07 Å². The van der Waals surface area contributed by atoms with E-state index in [0.717, 1.165) is 39.0 Å². The Balaban J connectivity index is 1.99. The standard InChI is InChI=1S/C15H19NO3/c1-18-14(17)12-4-5-13-11(9-12)3-2-6-15(13)10-19-8-7-16-15/h4-5,9,16H,2-3,6-8,10H2,1H3/t15-/m0/s1. The van der Waals surface area contributed by atoms with E-state index in [1.54, 1.807) is 0 Å². The van der Waals surface area contributed by atoms with Gasteiger partial charge in [0, 0.05) is 6.54 Å². The second-order valence-corrected chi connectivity index (χ2v) is 5.28. The number of esters is 1. The maximum Gasteiger partial charge on any atom is 0.337 e. The number of benzene rings is 1. The Morgan fingerprint density at radius 1 is 1.47 bits per heavy atom. The van der Waals surface area contributed by atoms with Crippen molar-refractivity contribution in [2.75, 3.05) is 26.9 Å². The van der Waals surface area contributed by atoms with Crippen LogP contribution in [0.2, 0.25) is 0 Å². The van der Waals surface area contributed by atoms with Crippen molar-refractivity contribution >= 4 is 5.97 Å². The smallest absolute Gasteiger partial charge is 0.337 e. The number of methoxy groups -OCH3 is 1. The Hall–Kier alpha value is -1.39. The molecule has 3 rings (SSSR count). The minimum Gasteiger partial charge on any atom is -0.465 e. The van der Waals surface area contributed by atoms with Gasteiger partial charge in [0.05, 0.1) is 31.4 Å². The molecule has 4 nitrogen and oxygen atoms in total. The third-order valence-corrected chi connectivity index (χ3v) is 4.15. The Bertz CT molecular complexity index is 492. The van der Waals surface area contributed by atoms with Crippen molar-refractivity contribution in [3.8, 4) is 0 Å². The molecule has 1 aliphatic carbocycles. The fraction of sp³-hybridized carbons (Fsp3) is 0.533. The van der Waals surface area contributed by atoms with Crippen LogP contribution in [0.3, 0.4) is 0 Å². The molecule has 1 fully saturated rings. The van der Waals surface area contributed by atoms with Crippen molar-refractivity contribution in [2.24, 2.45) is 0 Å². The fourth-order valence-corrected chi connectivity index (χ4v) is 3.22. The van der Waals surface area contributed by atoms with Crippen molar-refractivity contribution < 1.29 is 14.3 Å². The van der Waals surface area contributed by atoms with E-state index in [9.17, 15) is 4.79 Å². The summed E-state index contributed by atoms with van der Waals surface area (Å²) in [5.41, 5.74) is 3.11. The average molecular weight is 261 g/mol. The Morgan fingerprint density at radius 3 is 3.11 bits per heavy atom. The summed E-state index contributed by atoms with van der Waals surface area (Å²) < 4.78 is 10.4. The summed E-state index contributed by atoms with van der Waals surface area (Å²) >= 11 is 0. The largest absolute Gasteiger partial charge is 0.465 e. The highest BCUT2D eigenvalue weighted by molar-refractivity contribution is 5.89. The molecular weight excluding hydrogens is 242 g/mol. The van der Waals surface area contributed by atoms with Crippen LogP contribution in [0.5, 0.6) is 0 Å². The van der Waals surface area contributed by atoms with Crippen LogP contribution in [0.1, 0.15) is 34.3 Å². The highest BCUT2D eigenvalue weighted by atomic mass is 16.5. The normalized spacial score (nSPS) is 25.9. The number of hydrogen-bond donors (Lipinski definition) is 1. The molecule has 1 spiro atoms. The Kier molecular flexibility index (Phi) is 3.29. The van der Waals surface area contributed by atoms with Crippen molar-refractivity contribution in [1.82, 2.24) is 5.32 Å². The van der Waals surface area contributed by atoms with Gasteiger partial charge in [0.1, 0.15) is 0 Å². The highest BCUT2D eigenvalue weighted by Crippen LogP contribution is 2.37. The molecule has 0 aromatic heterocycles. The molecule has 1 heterocycles. The van der Waals surface area contributed by atoms with Gasteiger partial charge in [-0.15, -0.1) is 0 Å². The number of aryl methyl sites for hydroxylation is 1. The van der Waals surface area contributed by atoms with Crippen LogP contribution in [0, 0.1) is 0 Å². The summed E-state index contributed by atoms with van der Waals surface area (Å²) in [6.07, 6.45) is 3.23. The molecule has 1 aromatic rings. The third kappa shape index (κ3) is 2.15. The first-order chi connectivity index (χ1) is 9.25. The average Bonchev–Trinajstić information content (AvgIpc) is 2.47. The third-order valence-electron chi connectivity index (χ3n) is 4.15. The van der Waals surface area contributed by atoms with E-state index in [-0.39, 0.29) is 11.5 Å². The minimum absolute atomic E-state index is 0.0551. The quantitative estimate of drug-likeness (QED) is 0.780. The number of nitrogens with one attached hydrogen (secondary N) is 1. The SMILES string of the molecule is COC(=O)c1ccc2c(c1)CCC[C@]21COCCN1. The minimum atomic E-state index is -0.268. The molecule has 1 N–H and O–H groups in total. The molecule has 0 unspecified atom stereocenters. The molecule has 1 atom stereocenters. The van der Waals surface area contributed by atoms with Gasteiger partial charge in [-0.2, -0.15) is 0 Å². The summed E-state index contributed by atoms with van der Waals surface area (Å²) in [7, 11) is 1.42. The molecule has 19 heavy (non-hydrogen) atoms. The lowest BCUT2D eigenvalue weighted by molar-refractivity contribution is 0.0169. The van der Waals surface area contributed by atoms with E-state index < -0.39 is 0 Å². The van der Waals surface area contributed by atoms with Gasteiger partial charge < -0.3 is 14.8 Å². The van der Waals surface area contributed by atoms with E-state index in [1.165, 1.54) is 18.2 Å². The molecular formula is C15H19NO3. The van der Waals surface area contributed by atoms with Crippen molar-refractivity contribution in [3.05, 3.63) is 34.9 Å². The second-order valence-electron chi connectivity index (χ2n) is 5.28. The van der Waals surface area contributed by atoms with Crippen LogP contribution in [0.4, 0.5) is 0 Å². The van der Waals surface area contributed by atoms with Gasteiger partial charge >= 0.3 is 5.97 Å². The van der Waals surface area contributed by atoms with Crippen LogP contribution in [0.15, 0.2) is 18.2 Å². The zero-order valence-electron chi connectivity index (χ0n) is 11.2. The Morgan fingerprint density at radius 2 is 2.37 bits per heavy atom. The summed E-state index contributed by atoms with van der Waals surface area (Å²) in [6.45, 7) is 2.38. The van der Waals surface area contributed by atoms with Crippen LogP contribution in [0.25, 0.3) is 0 Å². The summed E-state index contributed by atoms with van der Waals surface area (Å²) in [4.78, 5) is 11.6. The predicted molar refractivity (Wildman–Crippen MR) is 71.2 cm³/mol. The molecule has 0 amide bonds. The van der Waals surface area contributed by atoms with Gasteiger partial charge in [-0.3, -0.25) is 0 Å². The zero-order valence-corrected chi connectivity index (χ0v) is 11.2. The fourth-order valence-electron chi connectivity index (χ4n) is 3.22. The zero-order chi connectivity index (χ0) is 13.3. The van der Waals surface area contributed by atoms with Crippen LogP contribution >= 0.6 is 0 Å². The van der Waals surface area contributed by atoms with Gasteiger partial charge in [0.25, 0.3) is 0 Å². The number of ether oxygens (including phenoxy) is 2. The van der Waals surface area contributed by atoms with E-state index in [0.29, 0.717) is 5.56 Å². The van der Waals surface area contributed by atoms with Crippen molar-refractivity contribution in [3.63, 3.8) is 0 Å². The molecule has 4 heteroatoms. The molecule has 1 aliphatic heterocycles. The van der Waals surface area contributed by atoms with Crippen molar-refractivity contribution in [2.45, 2.75) is 24.8 Å². The lowest BCUT2D eigenvalue weighted by Gasteiger charge is -2.42. The molecule has 0 saturated carbocycles. The number of hydrogen-bond acceptors (Lipinski definition) is 4. The molecule has 1 saturated heterocycles. The van der Waals surface area contributed by atoms with Gasteiger partial charge in [0.15, 0.2) is 0 Å². The molecule has 1 aromatic carbocycles. The van der Waals surface area contributed by atoms with Gasteiger partial charge in [0.2, 0.25) is 0 Å². The van der Waals surface area contributed by atoms with Gasteiger partial charge in [-0.05, 0) is 42.5 Å². The lowest BCUT2D eigenvalue weighted by Crippen LogP contribution is -2.53. The summed E-state index contributed by atoms with van der Waals surface area (Å²) in [6, 6.07) is 5.88.